The Kier molecular flexibility index (Phi) is 5.58. The second kappa shape index (κ2) is 7.87. The van der Waals surface area contributed by atoms with Crippen LogP contribution in [0.25, 0.3) is 0 Å². The highest BCUT2D eigenvalue weighted by molar-refractivity contribution is 5.94. The molecule has 6 heteroatoms. The predicted molar refractivity (Wildman–Crippen MR) is 95.4 cm³/mol. The molecule has 2 N–H and O–H groups in total. The summed E-state index contributed by atoms with van der Waals surface area (Å²) in [6.07, 6.45) is 4.12. The van der Waals surface area contributed by atoms with E-state index in [1.54, 1.807) is 7.05 Å². The van der Waals surface area contributed by atoms with Gasteiger partial charge >= 0.3 is 6.03 Å². The largest absolute Gasteiger partial charge is 0.376 e. The van der Waals surface area contributed by atoms with Crippen LogP contribution < -0.4 is 10.6 Å². The molecule has 1 spiro atoms. The number of benzene rings is 1. The molecule has 0 bridgehead atoms. The quantitative estimate of drug-likeness (QED) is 0.880. The van der Waals surface area contributed by atoms with E-state index in [2.05, 4.69) is 10.6 Å². The lowest BCUT2D eigenvalue weighted by atomic mass is 9.73. The van der Waals surface area contributed by atoms with Crippen LogP contribution in [-0.2, 0) is 4.74 Å². The second-order valence-electron chi connectivity index (χ2n) is 7.09. The minimum Gasteiger partial charge on any atom is -0.376 e. The molecular formula is C19H27N3O3. The van der Waals surface area contributed by atoms with Gasteiger partial charge in [-0.25, -0.2) is 4.79 Å². The molecule has 25 heavy (non-hydrogen) atoms. The van der Waals surface area contributed by atoms with Gasteiger partial charge in [-0.15, -0.1) is 0 Å². The van der Waals surface area contributed by atoms with Crippen molar-refractivity contribution in [2.45, 2.75) is 31.8 Å². The molecule has 1 aromatic carbocycles. The van der Waals surface area contributed by atoms with Gasteiger partial charge in [0, 0.05) is 32.2 Å². The molecule has 1 aromatic rings. The van der Waals surface area contributed by atoms with Gasteiger partial charge in [-0.1, -0.05) is 18.2 Å². The number of rotatable bonds is 3. The van der Waals surface area contributed by atoms with Crippen molar-refractivity contribution in [2.24, 2.45) is 5.41 Å². The summed E-state index contributed by atoms with van der Waals surface area (Å²) in [6.45, 7) is 2.85. The molecule has 2 aliphatic rings. The van der Waals surface area contributed by atoms with Gasteiger partial charge in [-0.3, -0.25) is 4.79 Å². The summed E-state index contributed by atoms with van der Waals surface area (Å²) < 4.78 is 6.00. The first-order valence-electron chi connectivity index (χ1n) is 9.03. The molecule has 0 radical (unpaired) electrons. The third kappa shape index (κ3) is 4.31. The minimum absolute atomic E-state index is 0.0897. The van der Waals surface area contributed by atoms with E-state index in [1.165, 1.54) is 0 Å². The SMILES string of the molecule is CNC(=O)NC[C@H]1CCC2(CCN(C(=O)c3ccccc3)CC2)CO1. The lowest BCUT2D eigenvalue weighted by Crippen LogP contribution is -2.49. The Hall–Kier alpha value is -2.08. The highest BCUT2D eigenvalue weighted by atomic mass is 16.5. The minimum atomic E-state index is -0.170. The maximum Gasteiger partial charge on any atom is 0.314 e. The van der Waals surface area contributed by atoms with Crippen molar-refractivity contribution in [3.05, 3.63) is 35.9 Å². The Morgan fingerprint density at radius 2 is 1.92 bits per heavy atom. The van der Waals surface area contributed by atoms with E-state index in [9.17, 15) is 9.59 Å². The first kappa shape index (κ1) is 17.7. The van der Waals surface area contributed by atoms with E-state index in [-0.39, 0.29) is 23.5 Å². The number of nitrogens with one attached hydrogen (secondary N) is 2. The summed E-state index contributed by atoms with van der Waals surface area (Å²) >= 11 is 0. The summed E-state index contributed by atoms with van der Waals surface area (Å²) in [4.78, 5) is 25.8. The Balaban J connectivity index is 1.46. The van der Waals surface area contributed by atoms with E-state index in [0.29, 0.717) is 6.54 Å². The second-order valence-corrected chi connectivity index (χ2v) is 7.09. The van der Waals surface area contributed by atoms with Crippen molar-refractivity contribution in [3.63, 3.8) is 0 Å². The molecule has 0 aromatic heterocycles. The number of likely N-dealkylation sites (tertiary alicyclic amines) is 1. The third-order valence-electron chi connectivity index (χ3n) is 5.47. The van der Waals surface area contributed by atoms with Gasteiger partial charge in [-0.05, 0) is 43.2 Å². The standard InChI is InChI=1S/C19H27N3O3/c1-20-18(24)21-13-16-7-8-19(14-25-16)9-11-22(12-10-19)17(23)15-5-3-2-4-6-15/h2-6,16H,7-14H2,1H3,(H2,20,21,24)/t16-/m1/s1. The highest BCUT2D eigenvalue weighted by Gasteiger charge is 2.39. The number of hydrogen-bond donors (Lipinski definition) is 2. The van der Waals surface area contributed by atoms with Gasteiger partial charge < -0.3 is 20.3 Å². The number of nitrogens with zero attached hydrogens (tertiary/aromatic N) is 1. The molecule has 1 atom stereocenters. The number of carbonyl (C=O) groups is 2. The smallest absolute Gasteiger partial charge is 0.314 e. The number of amides is 3. The zero-order chi connectivity index (χ0) is 17.7. The highest BCUT2D eigenvalue weighted by Crippen LogP contribution is 2.40. The fourth-order valence-electron chi connectivity index (χ4n) is 3.72. The van der Waals surface area contributed by atoms with Crippen LogP contribution in [-0.4, -0.2) is 56.2 Å². The van der Waals surface area contributed by atoms with Crippen LogP contribution in [0.1, 0.15) is 36.0 Å². The summed E-state index contributed by atoms with van der Waals surface area (Å²) in [6, 6.07) is 9.32. The predicted octanol–water partition coefficient (Wildman–Crippen LogP) is 2.02. The number of urea groups is 1. The zero-order valence-electron chi connectivity index (χ0n) is 14.8. The fourth-order valence-corrected chi connectivity index (χ4v) is 3.72. The summed E-state index contributed by atoms with van der Waals surface area (Å²) in [7, 11) is 1.61. The number of hydrogen-bond acceptors (Lipinski definition) is 3. The molecule has 3 amide bonds. The van der Waals surface area contributed by atoms with Crippen LogP contribution in [0.5, 0.6) is 0 Å². The van der Waals surface area contributed by atoms with Crippen molar-refractivity contribution < 1.29 is 14.3 Å². The Morgan fingerprint density at radius 1 is 1.20 bits per heavy atom. The van der Waals surface area contributed by atoms with Crippen molar-refractivity contribution in [2.75, 3.05) is 33.3 Å². The number of ether oxygens (including phenoxy) is 1. The van der Waals surface area contributed by atoms with E-state index < -0.39 is 0 Å². The summed E-state index contributed by atoms with van der Waals surface area (Å²) in [5.74, 6) is 0.125. The van der Waals surface area contributed by atoms with Gasteiger partial charge in [0.2, 0.25) is 0 Å². The molecule has 136 valence electrons. The maximum absolute atomic E-state index is 12.5. The van der Waals surface area contributed by atoms with E-state index in [1.807, 2.05) is 35.2 Å². The lowest BCUT2D eigenvalue weighted by molar-refractivity contribution is -0.0807. The Labute approximate surface area is 148 Å². The molecule has 2 saturated heterocycles. The monoisotopic (exact) mass is 345 g/mol. The topological polar surface area (TPSA) is 70.7 Å². The fraction of sp³-hybridized carbons (Fsp3) is 0.579. The van der Waals surface area contributed by atoms with Crippen molar-refractivity contribution in [3.8, 4) is 0 Å². The molecule has 0 saturated carbocycles. The normalized spacial score (nSPS) is 22.4. The van der Waals surface area contributed by atoms with Gasteiger partial charge in [0.1, 0.15) is 0 Å². The van der Waals surface area contributed by atoms with Gasteiger partial charge in [0.15, 0.2) is 0 Å². The molecular weight excluding hydrogens is 318 g/mol. The molecule has 6 nitrogen and oxygen atoms in total. The maximum atomic E-state index is 12.5. The molecule has 0 unspecified atom stereocenters. The zero-order valence-corrected chi connectivity index (χ0v) is 14.8. The average molecular weight is 345 g/mol. The van der Waals surface area contributed by atoms with Crippen LogP contribution >= 0.6 is 0 Å². The Morgan fingerprint density at radius 3 is 2.52 bits per heavy atom. The van der Waals surface area contributed by atoms with Crippen LogP contribution in [0.2, 0.25) is 0 Å². The molecule has 3 rings (SSSR count). The number of carbonyl (C=O) groups excluding carboxylic acids is 2. The van der Waals surface area contributed by atoms with Gasteiger partial charge in [-0.2, -0.15) is 0 Å². The van der Waals surface area contributed by atoms with E-state index in [0.717, 1.165) is 50.9 Å². The van der Waals surface area contributed by atoms with Crippen LogP contribution in [0.4, 0.5) is 4.79 Å². The first-order chi connectivity index (χ1) is 12.1. The summed E-state index contributed by atoms with van der Waals surface area (Å²) in [5, 5.41) is 5.35. The van der Waals surface area contributed by atoms with Crippen molar-refractivity contribution >= 4 is 11.9 Å². The number of piperidine rings is 1. The van der Waals surface area contributed by atoms with Crippen molar-refractivity contribution in [1.29, 1.82) is 0 Å². The molecule has 0 aliphatic carbocycles. The van der Waals surface area contributed by atoms with Gasteiger partial charge in [0.25, 0.3) is 5.91 Å². The molecule has 2 fully saturated rings. The van der Waals surface area contributed by atoms with Crippen LogP contribution in [0.15, 0.2) is 30.3 Å². The van der Waals surface area contributed by atoms with E-state index in [4.69, 9.17) is 4.74 Å². The van der Waals surface area contributed by atoms with Crippen LogP contribution in [0.3, 0.4) is 0 Å². The average Bonchev–Trinajstić information content (AvgIpc) is 2.68. The van der Waals surface area contributed by atoms with Gasteiger partial charge in [0.05, 0.1) is 12.7 Å². The van der Waals surface area contributed by atoms with E-state index >= 15 is 0 Å². The molecule has 2 aliphatic heterocycles. The van der Waals surface area contributed by atoms with Crippen LogP contribution in [0, 0.1) is 5.41 Å². The lowest BCUT2D eigenvalue weighted by Gasteiger charge is -2.45. The Bertz CT molecular complexity index is 587. The summed E-state index contributed by atoms with van der Waals surface area (Å²) in [5.41, 5.74) is 0.954. The first-order valence-corrected chi connectivity index (χ1v) is 9.03. The third-order valence-corrected chi connectivity index (χ3v) is 5.47. The van der Waals surface area contributed by atoms with Crippen molar-refractivity contribution in [1.82, 2.24) is 15.5 Å². The molecule has 2 heterocycles.